The highest BCUT2D eigenvalue weighted by Gasteiger charge is 2.15. The highest BCUT2D eigenvalue weighted by Crippen LogP contribution is 2.27. The second kappa shape index (κ2) is 7.60. The van der Waals surface area contributed by atoms with Gasteiger partial charge in [0.05, 0.1) is 17.8 Å². The van der Waals surface area contributed by atoms with Crippen LogP contribution in [-0.4, -0.2) is 15.9 Å². The van der Waals surface area contributed by atoms with Gasteiger partial charge in [-0.1, -0.05) is 26.0 Å². The van der Waals surface area contributed by atoms with Gasteiger partial charge in [-0.3, -0.25) is 9.78 Å². The number of carbonyl (C=O) groups excluding carboxylic acids is 1. The Hall–Kier alpha value is -2.82. The molecule has 3 aromatic rings. The van der Waals surface area contributed by atoms with Crippen LogP contribution in [-0.2, 0) is 13.2 Å². The molecule has 0 fully saturated rings. The molecular formula is C21H22FN3O. The van der Waals surface area contributed by atoms with Gasteiger partial charge in [0.15, 0.2) is 0 Å². The summed E-state index contributed by atoms with van der Waals surface area (Å²) in [6.07, 6.45) is 1.68. The molecule has 5 heteroatoms. The molecule has 1 amide bonds. The predicted octanol–water partition coefficient (Wildman–Crippen LogP) is 4.46. The van der Waals surface area contributed by atoms with Crippen LogP contribution in [0.1, 0.15) is 52.6 Å². The monoisotopic (exact) mass is 351 g/mol. The topological polar surface area (TPSA) is 54.9 Å². The van der Waals surface area contributed by atoms with E-state index in [4.69, 9.17) is 0 Å². The maximum atomic E-state index is 13.6. The molecule has 0 radical (unpaired) electrons. The summed E-state index contributed by atoms with van der Waals surface area (Å²) in [6.45, 7) is 5.78. The molecule has 0 aliphatic rings. The molecule has 0 saturated carbocycles. The molecule has 1 aromatic carbocycles. The zero-order valence-electron chi connectivity index (χ0n) is 15.2. The fourth-order valence-corrected chi connectivity index (χ4v) is 2.90. The summed E-state index contributed by atoms with van der Waals surface area (Å²) in [5.41, 5.74) is 4.12. The van der Waals surface area contributed by atoms with Gasteiger partial charge in [0, 0.05) is 17.1 Å². The van der Waals surface area contributed by atoms with Crippen molar-refractivity contribution in [3.63, 3.8) is 0 Å². The van der Waals surface area contributed by atoms with Crippen molar-refractivity contribution < 1.29 is 9.18 Å². The zero-order valence-corrected chi connectivity index (χ0v) is 15.2. The molecule has 1 N–H and O–H groups in total. The molecule has 2 heterocycles. The SMILES string of the molecule is Cc1cc(C(=O)NCc2ccccn2)nc2c(CF)cc(C(C)C)cc12. The Balaban J connectivity index is 1.94. The van der Waals surface area contributed by atoms with Gasteiger partial charge in [-0.05, 0) is 48.2 Å². The van der Waals surface area contributed by atoms with Gasteiger partial charge in [-0.25, -0.2) is 9.37 Å². The highest BCUT2D eigenvalue weighted by atomic mass is 19.1. The summed E-state index contributed by atoms with van der Waals surface area (Å²) >= 11 is 0. The van der Waals surface area contributed by atoms with Crippen LogP contribution in [0.3, 0.4) is 0 Å². The van der Waals surface area contributed by atoms with Crippen LogP contribution >= 0.6 is 0 Å². The number of aryl methyl sites for hydroxylation is 1. The molecule has 0 bridgehead atoms. The number of rotatable bonds is 5. The molecule has 0 aliphatic heterocycles. The maximum absolute atomic E-state index is 13.6. The van der Waals surface area contributed by atoms with Crippen LogP contribution in [0.4, 0.5) is 4.39 Å². The van der Waals surface area contributed by atoms with E-state index in [2.05, 4.69) is 29.1 Å². The van der Waals surface area contributed by atoms with E-state index in [-0.39, 0.29) is 11.6 Å². The molecule has 3 rings (SSSR count). The number of fused-ring (bicyclic) bond motifs is 1. The fraction of sp³-hybridized carbons (Fsp3) is 0.286. The summed E-state index contributed by atoms with van der Waals surface area (Å²) in [6, 6.07) is 11.2. The number of hydrogen-bond acceptors (Lipinski definition) is 3. The highest BCUT2D eigenvalue weighted by molar-refractivity contribution is 5.96. The predicted molar refractivity (Wildman–Crippen MR) is 101 cm³/mol. The number of nitrogens with zero attached hydrogens (tertiary/aromatic N) is 2. The Labute approximate surface area is 152 Å². The first-order valence-electron chi connectivity index (χ1n) is 8.68. The number of amides is 1. The second-order valence-electron chi connectivity index (χ2n) is 6.69. The molecule has 26 heavy (non-hydrogen) atoms. The molecule has 0 unspecified atom stereocenters. The van der Waals surface area contributed by atoms with Gasteiger partial charge in [-0.2, -0.15) is 0 Å². The Morgan fingerprint density at radius 3 is 2.69 bits per heavy atom. The van der Waals surface area contributed by atoms with E-state index in [1.54, 1.807) is 12.3 Å². The molecule has 2 aromatic heterocycles. The van der Waals surface area contributed by atoms with Crippen LogP contribution in [0.2, 0.25) is 0 Å². The largest absolute Gasteiger partial charge is 0.345 e. The standard InChI is InChI=1S/C21H22FN3O/c1-13(2)15-9-16(11-22)20-18(10-15)14(3)8-19(25-20)21(26)24-12-17-6-4-5-7-23-17/h4-10,13H,11-12H2,1-3H3,(H,24,26). The first-order chi connectivity index (χ1) is 12.5. The fourth-order valence-electron chi connectivity index (χ4n) is 2.90. The number of nitrogens with one attached hydrogen (secondary N) is 1. The summed E-state index contributed by atoms with van der Waals surface area (Å²) in [5, 5.41) is 3.71. The first kappa shape index (κ1) is 18.0. The number of hydrogen-bond donors (Lipinski definition) is 1. The molecule has 0 atom stereocenters. The molecule has 4 nitrogen and oxygen atoms in total. The Kier molecular flexibility index (Phi) is 5.26. The molecule has 0 saturated heterocycles. The quantitative estimate of drug-likeness (QED) is 0.738. The number of pyridine rings is 2. The summed E-state index contributed by atoms with van der Waals surface area (Å²) in [5.74, 6) is 0.00356. The Morgan fingerprint density at radius 1 is 1.23 bits per heavy atom. The molecular weight excluding hydrogens is 329 g/mol. The third-order valence-electron chi connectivity index (χ3n) is 4.42. The lowest BCUT2D eigenvalue weighted by Gasteiger charge is -2.13. The Morgan fingerprint density at radius 2 is 2.04 bits per heavy atom. The first-order valence-corrected chi connectivity index (χ1v) is 8.68. The lowest BCUT2D eigenvalue weighted by Crippen LogP contribution is -2.24. The minimum absolute atomic E-state index is 0.290. The normalized spacial score (nSPS) is 11.1. The minimum atomic E-state index is -0.609. The summed E-state index contributed by atoms with van der Waals surface area (Å²) in [7, 11) is 0. The third-order valence-corrected chi connectivity index (χ3v) is 4.42. The smallest absolute Gasteiger partial charge is 0.270 e. The minimum Gasteiger partial charge on any atom is -0.345 e. The molecule has 0 aliphatic carbocycles. The van der Waals surface area contributed by atoms with Crippen LogP contribution in [0, 0.1) is 6.92 Å². The van der Waals surface area contributed by atoms with E-state index in [0.29, 0.717) is 23.5 Å². The van der Waals surface area contributed by atoms with E-state index < -0.39 is 6.67 Å². The number of alkyl halides is 1. The maximum Gasteiger partial charge on any atom is 0.270 e. The van der Waals surface area contributed by atoms with Crippen LogP contribution in [0.15, 0.2) is 42.6 Å². The second-order valence-corrected chi connectivity index (χ2v) is 6.69. The van der Waals surface area contributed by atoms with E-state index in [9.17, 15) is 9.18 Å². The zero-order chi connectivity index (χ0) is 18.7. The summed E-state index contributed by atoms with van der Waals surface area (Å²) < 4.78 is 13.6. The Bertz CT molecular complexity index is 939. The van der Waals surface area contributed by atoms with Gasteiger partial charge in [-0.15, -0.1) is 0 Å². The van der Waals surface area contributed by atoms with Crippen LogP contribution in [0.5, 0.6) is 0 Å². The third kappa shape index (κ3) is 3.72. The number of halogens is 1. The van der Waals surface area contributed by atoms with Crippen molar-refractivity contribution in [1.29, 1.82) is 0 Å². The van der Waals surface area contributed by atoms with Crippen molar-refractivity contribution in [1.82, 2.24) is 15.3 Å². The van der Waals surface area contributed by atoms with Gasteiger partial charge < -0.3 is 5.32 Å². The van der Waals surface area contributed by atoms with Crippen molar-refractivity contribution in [3.8, 4) is 0 Å². The summed E-state index contributed by atoms with van der Waals surface area (Å²) in [4.78, 5) is 21.1. The van der Waals surface area contributed by atoms with Crippen LogP contribution < -0.4 is 5.32 Å². The van der Waals surface area contributed by atoms with E-state index in [1.165, 1.54) is 0 Å². The molecule has 0 spiro atoms. The van der Waals surface area contributed by atoms with Gasteiger partial charge >= 0.3 is 0 Å². The van der Waals surface area contributed by atoms with Gasteiger partial charge in [0.25, 0.3) is 5.91 Å². The van der Waals surface area contributed by atoms with Crippen molar-refractivity contribution in [2.45, 2.75) is 39.9 Å². The number of carbonyl (C=O) groups is 1. The van der Waals surface area contributed by atoms with E-state index in [1.807, 2.05) is 37.3 Å². The van der Waals surface area contributed by atoms with E-state index >= 15 is 0 Å². The van der Waals surface area contributed by atoms with Gasteiger partial charge in [0.1, 0.15) is 12.4 Å². The van der Waals surface area contributed by atoms with Crippen molar-refractivity contribution >= 4 is 16.8 Å². The van der Waals surface area contributed by atoms with E-state index in [0.717, 1.165) is 22.2 Å². The molecule has 134 valence electrons. The average Bonchev–Trinajstić information content (AvgIpc) is 2.66. The van der Waals surface area contributed by atoms with Crippen molar-refractivity contribution in [3.05, 3.63) is 70.7 Å². The van der Waals surface area contributed by atoms with Crippen LogP contribution in [0.25, 0.3) is 10.9 Å². The van der Waals surface area contributed by atoms with Crippen molar-refractivity contribution in [2.75, 3.05) is 0 Å². The number of benzene rings is 1. The average molecular weight is 351 g/mol. The lowest BCUT2D eigenvalue weighted by molar-refractivity contribution is 0.0945. The van der Waals surface area contributed by atoms with Crippen molar-refractivity contribution in [2.24, 2.45) is 0 Å². The van der Waals surface area contributed by atoms with Gasteiger partial charge in [0.2, 0.25) is 0 Å². The number of aromatic nitrogens is 2. The lowest BCUT2D eigenvalue weighted by atomic mass is 9.96.